The average Bonchev–Trinajstić information content (AvgIpc) is 2.48. The van der Waals surface area contributed by atoms with E-state index in [1.807, 2.05) is 0 Å². The number of hydrogen-bond donors (Lipinski definition) is 1. The molecule has 0 radical (unpaired) electrons. The Morgan fingerprint density at radius 1 is 0.789 bits per heavy atom. The minimum atomic E-state index is 0.497. The summed E-state index contributed by atoms with van der Waals surface area (Å²) in [7, 11) is 0. The summed E-state index contributed by atoms with van der Waals surface area (Å²) < 4.78 is 5.36. The van der Waals surface area contributed by atoms with Crippen LogP contribution in [0.15, 0.2) is 5.16 Å². The summed E-state index contributed by atoms with van der Waals surface area (Å²) in [6.45, 7) is 5.17. The molecule has 2 saturated heterocycles. The first kappa shape index (κ1) is 12.9. The van der Waals surface area contributed by atoms with Gasteiger partial charge in [0.1, 0.15) is 0 Å². The standard InChI is InChI=1S/C12H19N5OS/c19-12-14-10(16-4-2-1-3-5-16)13-11(15-12)17-6-8-18-9-7-17/h1-9H2,(H,13,14,15,19). The van der Waals surface area contributed by atoms with Crippen LogP contribution in [0, 0.1) is 0 Å². The quantitative estimate of drug-likeness (QED) is 0.816. The molecule has 3 heterocycles. The van der Waals surface area contributed by atoms with Crippen molar-refractivity contribution in [3.8, 4) is 0 Å². The smallest absolute Gasteiger partial charge is 0.231 e. The Balaban J connectivity index is 1.82. The molecule has 2 aliphatic rings. The maximum absolute atomic E-state index is 5.36. The predicted octanol–water partition coefficient (Wildman–Crippen LogP) is 0.987. The number of morpholine rings is 1. The zero-order chi connectivity index (χ0) is 13.1. The molecule has 1 aromatic heterocycles. The third kappa shape index (κ3) is 3.09. The van der Waals surface area contributed by atoms with Gasteiger partial charge in [-0.05, 0) is 19.3 Å². The number of aromatic nitrogens is 3. The molecular formula is C12H19N5OS. The van der Waals surface area contributed by atoms with Crippen molar-refractivity contribution in [2.75, 3.05) is 49.2 Å². The van der Waals surface area contributed by atoms with Crippen LogP contribution in [0.1, 0.15) is 19.3 Å². The van der Waals surface area contributed by atoms with Crippen LogP contribution in [-0.2, 0) is 4.74 Å². The molecule has 0 N–H and O–H groups in total. The van der Waals surface area contributed by atoms with Crippen molar-refractivity contribution in [3.05, 3.63) is 0 Å². The van der Waals surface area contributed by atoms with Gasteiger partial charge in [0.05, 0.1) is 13.2 Å². The van der Waals surface area contributed by atoms with Gasteiger partial charge in [-0.1, -0.05) is 0 Å². The Kier molecular flexibility index (Phi) is 4.03. The van der Waals surface area contributed by atoms with Gasteiger partial charge in [-0.3, -0.25) is 0 Å². The monoisotopic (exact) mass is 281 g/mol. The minimum absolute atomic E-state index is 0.497. The van der Waals surface area contributed by atoms with E-state index in [0.717, 1.165) is 51.3 Å². The largest absolute Gasteiger partial charge is 0.378 e. The van der Waals surface area contributed by atoms with E-state index in [9.17, 15) is 0 Å². The molecule has 1 aromatic rings. The van der Waals surface area contributed by atoms with Gasteiger partial charge in [-0.25, -0.2) is 0 Å². The van der Waals surface area contributed by atoms with E-state index in [1.165, 1.54) is 19.3 Å². The molecule has 6 nitrogen and oxygen atoms in total. The Morgan fingerprint density at radius 3 is 2.00 bits per heavy atom. The molecule has 7 heteroatoms. The lowest BCUT2D eigenvalue weighted by molar-refractivity contribution is 0.122. The molecule has 0 bridgehead atoms. The fourth-order valence-electron chi connectivity index (χ4n) is 2.48. The van der Waals surface area contributed by atoms with E-state index in [2.05, 4.69) is 37.4 Å². The second-order valence-corrected chi connectivity index (χ2v) is 5.28. The molecule has 0 unspecified atom stereocenters. The van der Waals surface area contributed by atoms with Crippen LogP contribution in [0.4, 0.5) is 11.9 Å². The van der Waals surface area contributed by atoms with E-state index < -0.39 is 0 Å². The maximum Gasteiger partial charge on any atom is 0.231 e. The molecule has 0 aliphatic carbocycles. The van der Waals surface area contributed by atoms with Crippen molar-refractivity contribution in [2.45, 2.75) is 24.4 Å². The van der Waals surface area contributed by atoms with Crippen LogP contribution in [0.3, 0.4) is 0 Å². The SMILES string of the molecule is Sc1nc(N2CCCCC2)nc(N2CCOCC2)n1. The van der Waals surface area contributed by atoms with Crippen molar-refractivity contribution in [1.29, 1.82) is 0 Å². The summed E-state index contributed by atoms with van der Waals surface area (Å²) in [5.74, 6) is 1.49. The van der Waals surface area contributed by atoms with Crippen molar-refractivity contribution in [3.63, 3.8) is 0 Å². The zero-order valence-electron chi connectivity index (χ0n) is 11.0. The maximum atomic E-state index is 5.36. The third-order valence-corrected chi connectivity index (χ3v) is 3.73. The van der Waals surface area contributed by atoms with Gasteiger partial charge < -0.3 is 14.5 Å². The van der Waals surface area contributed by atoms with Crippen molar-refractivity contribution in [2.24, 2.45) is 0 Å². The second kappa shape index (κ2) is 5.92. The van der Waals surface area contributed by atoms with Crippen LogP contribution >= 0.6 is 12.6 Å². The molecule has 0 atom stereocenters. The highest BCUT2D eigenvalue weighted by Crippen LogP contribution is 2.20. The van der Waals surface area contributed by atoms with Crippen LogP contribution in [0.2, 0.25) is 0 Å². The summed E-state index contributed by atoms with van der Waals surface area (Å²) in [4.78, 5) is 17.7. The normalized spacial score (nSPS) is 20.7. The van der Waals surface area contributed by atoms with Crippen LogP contribution in [0.25, 0.3) is 0 Å². The van der Waals surface area contributed by atoms with Crippen LogP contribution in [0.5, 0.6) is 0 Å². The topological polar surface area (TPSA) is 54.4 Å². The molecule has 0 amide bonds. The first-order chi connectivity index (χ1) is 9.33. The molecule has 0 aromatic carbocycles. The molecule has 0 spiro atoms. The fourth-order valence-corrected chi connectivity index (χ4v) is 2.66. The van der Waals surface area contributed by atoms with E-state index in [1.54, 1.807) is 0 Å². The summed E-state index contributed by atoms with van der Waals surface area (Å²) in [6.07, 6.45) is 3.71. The van der Waals surface area contributed by atoms with Gasteiger partial charge in [0.25, 0.3) is 0 Å². The lowest BCUT2D eigenvalue weighted by atomic mass is 10.1. The highest BCUT2D eigenvalue weighted by Gasteiger charge is 2.19. The number of nitrogens with zero attached hydrogens (tertiary/aromatic N) is 5. The predicted molar refractivity (Wildman–Crippen MR) is 76.2 cm³/mol. The number of ether oxygens (including phenoxy) is 1. The first-order valence-corrected chi connectivity index (χ1v) is 7.30. The molecule has 0 saturated carbocycles. The molecule has 2 aliphatic heterocycles. The molecule has 2 fully saturated rings. The number of thiol groups is 1. The van der Waals surface area contributed by atoms with Crippen molar-refractivity contribution < 1.29 is 4.74 Å². The Morgan fingerprint density at radius 2 is 1.37 bits per heavy atom. The Hall–Kier alpha value is -1.08. The zero-order valence-corrected chi connectivity index (χ0v) is 11.8. The Labute approximate surface area is 118 Å². The summed E-state index contributed by atoms with van der Waals surface area (Å²) in [5, 5.41) is 0.497. The van der Waals surface area contributed by atoms with Gasteiger partial charge in [-0.15, -0.1) is 12.6 Å². The fraction of sp³-hybridized carbons (Fsp3) is 0.750. The van der Waals surface area contributed by atoms with E-state index in [4.69, 9.17) is 4.74 Å². The number of rotatable bonds is 2. The van der Waals surface area contributed by atoms with Gasteiger partial charge in [0.2, 0.25) is 11.9 Å². The molecule has 104 valence electrons. The Bertz CT molecular complexity index is 396. The van der Waals surface area contributed by atoms with Crippen molar-refractivity contribution in [1.82, 2.24) is 15.0 Å². The highest BCUT2D eigenvalue weighted by molar-refractivity contribution is 7.80. The molecule has 19 heavy (non-hydrogen) atoms. The summed E-state index contributed by atoms with van der Waals surface area (Å²) in [5.41, 5.74) is 0. The number of piperidine rings is 1. The van der Waals surface area contributed by atoms with Crippen LogP contribution in [-0.4, -0.2) is 54.3 Å². The second-order valence-electron chi connectivity index (χ2n) is 4.88. The number of anilines is 2. The van der Waals surface area contributed by atoms with Crippen LogP contribution < -0.4 is 9.80 Å². The number of hydrogen-bond acceptors (Lipinski definition) is 7. The highest BCUT2D eigenvalue weighted by atomic mass is 32.1. The van der Waals surface area contributed by atoms with Gasteiger partial charge >= 0.3 is 0 Å². The third-order valence-electron chi connectivity index (χ3n) is 3.53. The lowest BCUT2D eigenvalue weighted by Gasteiger charge is -2.29. The van der Waals surface area contributed by atoms with Gasteiger partial charge in [0, 0.05) is 26.2 Å². The van der Waals surface area contributed by atoms with Crippen molar-refractivity contribution >= 4 is 24.5 Å². The average molecular weight is 281 g/mol. The molecular weight excluding hydrogens is 262 g/mol. The van der Waals surface area contributed by atoms with E-state index in [0.29, 0.717) is 5.16 Å². The summed E-state index contributed by atoms with van der Waals surface area (Å²) >= 11 is 4.32. The van der Waals surface area contributed by atoms with Gasteiger partial charge in [-0.2, -0.15) is 15.0 Å². The van der Waals surface area contributed by atoms with E-state index in [-0.39, 0.29) is 0 Å². The first-order valence-electron chi connectivity index (χ1n) is 6.85. The van der Waals surface area contributed by atoms with Gasteiger partial charge in [0.15, 0.2) is 5.16 Å². The van der Waals surface area contributed by atoms with E-state index >= 15 is 0 Å². The minimum Gasteiger partial charge on any atom is -0.378 e. The molecule has 3 rings (SSSR count). The summed E-state index contributed by atoms with van der Waals surface area (Å²) in [6, 6.07) is 0. The lowest BCUT2D eigenvalue weighted by Crippen LogP contribution is -2.38.